The van der Waals surface area contributed by atoms with Crippen LogP contribution in [0.4, 0.5) is 0 Å². The van der Waals surface area contributed by atoms with Crippen molar-refractivity contribution >= 4 is 17.5 Å². The lowest BCUT2D eigenvalue weighted by molar-refractivity contribution is -0.120. The molecule has 72 valence electrons. The molecule has 0 atom stereocenters. The second-order valence-electron chi connectivity index (χ2n) is 2.96. The van der Waals surface area contributed by atoms with Crippen LogP contribution in [0.25, 0.3) is 11.0 Å². The Labute approximate surface area is 78.7 Å². The van der Waals surface area contributed by atoms with E-state index in [2.05, 4.69) is 14.7 Å². The lowest BCUT2D eigenvalue weighted by Gasteiger charge is -2.00. The smallest absolute Gasteiger partial charge is 0.323 e. The highest BCUT2D eigenvalue weighted by atomic mass is 16.5. The van der Waals surface area contributed by atoms with Crippen LogP contribution in [0, 0.1) is 6.92 Å². The summed E-state index contributed by atoms with van der Waals surface area (Å²) in [5.74, 6) is 0.417. The molecule has 2 aromatic rings. The number of aromatic amines is 2. The molecule has 0 spiro atoms. The van der Waals surface area contributed by atoms with Gasteiger partial charge in [0, 0.05) is 6.07 Å². The highest BCUT2D eigenvalue weighted by Crippen LogP contribution is 2.20. The van der Waals surface area contributed by atoms with Crippen molar-refractivity contribution in [1.29, 1.82) is 0 Å². The molecule has 0 aliphatic heterocycles. The number of imidazole rings is 1. The van der Waals surface area contributed by atoms with E-state index in [0.717, 1.165) is 11.1 Å². The lowest BCUT2D eigenvalue weighted by atomic mass is 10.2. The first-order chi connectivity index (χ1) is 6.70. The first kappa shape index (κ1) is 8.55. The van der Waals surface area contributed by atoms with Gasteiger partial charge >= 0.3 is 5.69 Å². The summed E-state index contributed by atoms with van der Waals surface area (Å²) in [6, 6.07) is 3.27. The zero-order valence-corrected chi connectivity index (χ0v) is 7.46. The molecule has 0 saturated heterocycles. The summed E-state index contributed by atoms with van der Waals surface area (Å²) in [4.78, 5) is 26.3. The topological polar surface area (TPSA) is 75.0 Å². The van der Waals surface area contributed by atoms with E-state index in [1.165, 1.54) is 0 Å². The molecule has 2 rings (SSSR count). The van der Waals surface area contributed by atoms with Gasteiger partial charge in [0.25, 0.3) is 6.47 Å². The first-order valence-electron chi connectivity index (χ1n) is 4.03. The summed E-state index contributed by atoms with van der Waals surface area (Å²) < 4.78 is 4.69. The van der Waals surface area contributed by atoms with Crippen LogP contribution in [0.1, 0.15) is 5.56 Å². The number of nitrogens with one attached hydrogen (secondary N) is 2. The van der Waals surface area contributed by atoms with Crippen LogP contribution in [0.5, 0.6) is 5.75 Å². The van der Waals surface area contributed by atoms with Gasteiger partial charge in [0.2, 0.25) is 0 Å². The third-order valence-electron chi connectivity index (χ3n) is 1.98. The van der Waals surface area contributed by atoms with Crippen molar-refractivity contribution in [3.8, 4) is 5.75 Å². The van der Waals surface area contributed by atoms with E-state index in [1.807, 2.05) is 6.92 Å². The molecular formula is C9H8N2O3. The Bertz CT molecular complexity index is 538. The number of benzene rings is 1. The molecule has 5 nitrogen and oxygen atoms in total. The number of H-pyrrole nitrogens is 2. The van der Waals surface area contributed by atoms with Gasteiger partial charge in [-0.1, -0.05) is 0 Å². The Morgan fingerprint density at radius 2 is 2.14 bits per heavy atom. The van der Waals surface area contributed by atoms with Gasteiger partial charge in [-0.25, -0.2) is 4.79 Å². The van der Waals surface area contributed by atoms with E-state index < -0.39 is 0 Å². The van der Waals surface area contributed by atoms with Crippen LogP contribution in [-0.4, -0.2) is 16.4 Å². The summed E-state index contributed by atoms with van der Waals surface area (Å²) in [6.07, 6.45) is 0. The van der Waals surface area contributed by atoms with Crippen LogP contribution >= 0.6 is 0 Å². The minimum absolute atomic E-state index is 0.272. The van der Waals surface area contributed by atoms with E-state index in [-0.39, 0.29) is 5.69 Å². The molecule has 1 aromatic heterocycles. The maximum atomic E-state index is 11.0. The van der Waals surface area contributed by atoms with Gasteiger partial charge in [-0.2, -0.15) is 0 Å². The number of aromatic nitrogens is 2. The third kappa shape index (κ3) is 1.28. The van der Waals surface area contributed by atoms with Crippen molar-refractivity contribution in [2.75, 3.05) is 0 Å². The number of carbonyl (C=O) groups is 1. The molecule has 5 heteroatoms. The van der Waals surface area contributed by atoms with Gasteiger partial charge in [0.1, 0.15) is 5.75 Å². The molecular weight excluding hydrogens is 184 g/mol. The van der Waals surface area contributed by atoms with E-state index in [1.54, 1.807) is 12.1 Å². The molecule has 0 bridgehead atoms. The second-order valence-corrected chi connectivity index (χ2v) is 2.96. The molecule has 0 aliphatic carbocycles. The quantitative estimate of drug-likeness (QED) is 0.687. The number of aryl methyl sites for hydroxylation is 1. The van der Waals surface area contributed by atoms with E-state index in [4.69, 9.17) is 0 Å². The van der Waals surface area contributed by atoms with Crippen molar-refractivity contribution in [3.05, 3.63) is 28.2 Å². The predicted octanol–water partition coefficient (Wildman–Crippen LogP) is 0.700. The van der Waals surface area contributed by atoms with Crippen molar-refractivity contribution < 1.29 is 9.53 Å². The van der Waals surface area contributed by atoms with E-state index in [9.17, 15) is 9.59 Å². The summed E-state index contributed by atoms with van der Waals surface area (Å²) in [5, 5.41) is 0. The normalized spacial score (nSPS) is 10.4. The average molecular weight is 192 g/mol. The number of rotatable bonds is 2. The molecule has 0 fully saturated rings. The fraction of sp³-hybridized carbons (Fsp3) is 0.111. The zero-order chi connectivity index (χ0) is 10.1. The number of fused-ring (bicyclic) bond motifs is 1. The summed E-state index contributed by atoms with van der Waals surface area (Å²) in [5.41, 5.74) is 1.93. The standard InChI is InChI=1S/C9H8N2O3/c1-5-2-6(14-4-12)3-7-8(5)11-9(13)10-7/h2-4H,1H3,(H2,10,11,13). The highest BCUT2D eigenvalue weighted by Gasteiger charge is 2.04. The van der Waals surface area contributed by atoms with Crippen molar-refractivity contribution in [2.45, 2.75) is 6.92 Å². The van der Waals surface area contributed by atoms with Crippen molar-refractivity contribution in [1.82, 2.24) is 9.97 Å². The minimum Gasteiger partial charge on any atom is -0.429 e. The van der Waals surface area contributed by atoms with Crippen LogP contribution in [0.15, 0.2) is 16.9 Å². The summed E-state index contributed by atoms with van der Waals surface area (Å²) in [6.45, 7) is 2.18. The Balaban J connectivity index is 2.70. The third-order valence-corrected chi connectivity index (χ3v) is 1.98. The van der Waals surface area contributed by atoms with Crippen molar-refractivity contribution in [2.24, 2.45) is 0 Å². The molecule has 1 aromatic carbocycles. The molecule has 0 saturated carbocycles. The zero-order valence-electron chi connectivity index (χ0n) is 7.46. The fourth-order valence-corrected chi connectivity index (χ4v) is 1.41. The Morgan fingerprint density at radius 1 is 1.36 bits per heavy atom. The predicted molar refractivity (Wildman–Crippen MR) is 50.3 cm³/mol. The van der Waals surface area contributed by atoms with E-state index in [0.29, 0.717) is 17.7 Å². The average Bonchev–Trinajstić information content (AvgIpc) is 2.47. The summed E-state index contributed by atoms with van der Waals surface area (Å²) >= 11 is 0. The largest absolute Gasteiger partial charge is 0.429 e. The maximum absolute atomic E-state index is 11.0. The monoisotopic (exact) mass is 192 g/mol. The highest BCUT2D eigenvalue weighted by molar-refractivity contribution is 5.80. The molecule has 0 unspecified atom stereocenters. The second kappa shape index (κ2) is 3.02. The summed E-state index contributed by atoms with van der Waals surface area (Å²) in [7, 11) is 0. The van der Waals surface area contributed by atoms with Crippen LogP contribution in [-0.2, 0) is 4.79 Å². The van der Waals surface area contributed by atoms with Gasteiger partial charge < -0.3 is 14.7 Å². The fourth-order valence-electron chi connectivity index (χ4n) is 1.41. The molecule has 0 radical (unpaired) electrons. The van der Waals surface area contributed by atoms with Gasteiger partial charge in [0.15, 0.2) is 0 Å². The van der Waals surface area contributed by atoms with Crippen LogP contribution in [0.3, 0.4) is 0 Å². The van der Waals surface area contributed by atoms with Gasteiger partial charge in [-0.15, -0.1) is 0 Å². The Hall–Kier alpha value is -2.04. The molecule has 14 heavy (non-hydrogen) atoms. The molecule has 0 aliphatic rings. The van der Waals surface area contributed by atoms with Crippen LogP contribution < -0.4 is 10.4 Å². The van der Waals surface area contributed by atoms with E-state index >= 15 is 0 Å². The Kier molecular flexibility index (Phi) is 1.85. The van der Waals surface area contributed by atoms with Crippen LogP contribution in [0.2, 0.25) is 0 Å². The molecule has 2 N–H and O–H groups in total. The van der Waals surface area contributed by atoms with Gasteiger partial charge in [-0.05, 0) is 18.6 Å². The number of ether oxygens (including phenoxy) is 1. The van der Waals surface area contributed by atoms with Gasteiger partial charge in [0.05, 0.1) is 11.0 Å². The first-order valence-corrected chi connectivity index (χ1v) is 4.03. The van der Waals surface area contributed by atoms with Gasteiger partial charge in [-0.3, -0.25) is 4.79 Å². The number of hydrogen-bond acceptors (Lipinski definition) is 3. The maximum Gasteiger partial charge on any atom is 0.323 e. The van der Waals surface area contributed by atoms with Crippen molar-refractivity contribution in [3.63, 3.8) is 0 Å². The molecule has 1 heterocycles. The Morgan fingerprint density at radius 3 is 2.86 bits per heavy atom. The number of hydrogen-bond donors (Lipinski definition) is 2. The number of carbonyl (C=O) groups excluding carboxylic acids is 1. The molecule has 0 amide bonds. The minimum atomic E-state index is -0.272. The lowest BCUT2D eigenvalue weighted by Crippen LogP contribution is -1.99. The SMILES string of the molecule is Cc1cc(OC=O)cc2[nH]c(=O)[nH]c12.